The number of nitrogens with one attached hydrogen (secondary N) is 1. The van der Waals surface area contributed by atoms with Crippen LogP contribution < -0.4 is 4.72 Å². The Hall–Kier alpha value is -1.44. The molecule has 1 aromatic carbocycles. The summed E-state index contributed by atoms with van der Waals surface area (Å²) in [6.07, 6.45) is 0.784. The molecule has 1 unspecified atom stereocenters. The van der Waals surface area contributed by atoms with Gasteiger partial charge in [0, 0.05) is 6.54 Å². The first-order valence-corrected chi connectivity index (χ1v) is 8.69. The highest BCUT2D eigenvalue weighted by molar-refractivity contribution is 7.90. The lowest BCUT2D eigenvalue weighted by molar-refractivity contribution is 0.0367. The molecule has 122 valence electrons. The maximum absolute atomic E-state index is 12.2. The molecule has 2 N–H and O–H groups in total. The van der Waals surface area contributed by atoms with Crippen molar-refractivity contribution in [2.75, 3.05) is 13.2 Å². The molecule has 1 heterocycles. The zero-order valence-electron chi connectivity index (χ0n) is 12.7. The van der Waals surface area contributed by atoms with Gasteiger partial charge in [-0.05, 0) is 38.3 Å². The molecular weight excluding hydrogens is 306 g/mol. The predicted molar refractivity (Wildman–Crippen MR) is 82.5 cm³/mol. The van der Waals surface area contributed by atoms with Crippen LogP contribution in [0.3, 0.4) is 0 Å². The Morgan fingerprint density at radius 2 is 2.09 bits per heavy atom. The summed E-state index contributed by atoms with van der Waals surface area (Å²) in [7, 11) is -3.46. The van der Waals surface area contributed by atoms with Gasteiger partial charge in [-0.25, -0.2) is 17.9 Å². The number of ether oxygens (including phenoxy) is 1. The molecule has 0 saturated carbocycles. The van der Waals surface area contributed by atoms with Crippen molar-refractivity contribution in [2.45, 2.75) is 37.5 Å². The van der Waals surface area contributed by atoms with E-state index in [2.05, 4.69) is 4.72 Å². The molecule has 0 amide bonds. The Balaban J connectivity index is 1.95. The maximum atomic E-state index is 12.2. The predicted octanol–water partition coefficient (Wildman–Crippen LogP) is 1.41. The van der Waals surface area contributed by atoms with Crippen LogP contribution in [-0.4, -0.2) is 43.5 Å². The molecule has 0 aliphatic carbocycles. The number of sulfonamides is 1. The summed E-state index contributed by atoms with van der Waals surface area (Å²) in [4.78, 5) is 11.1. The quantitative estimate of drug-likeness (QED) is 0.824. The fraction of sp³-hybridized carbons (Fsp3) is 0.533. The van der Waals surface area contributed by atoms with Crippen molar-refractivity contribution >= 4 is 16.0 Å². The molecule has 0 aromatic heterocycles. The molecule has 1 aliphatic heterocycles. The Morgan fingerprint density at radius 3 is 2.68 bits per heavy atom. The van der Waals surface area contributed by atoms with Gasteiger partial charge in [0.1, 0.15) is 5.25 Å². The first-order valence-electron chi connectivity index (χ1n) is 7.15. The second-order valence-corrected chi connectivity index (χ2v) is 8.09. The molecule has 1 saturated heterocycles. The molecule has 0 radical (unpaired) electrons. The van der Waals surface area contributed by atoms with Crippen LogP contribution in [0.25, 0.3) is 0 Å². The van der Waals surface area contributed by atoms with Gasteiger partial charge in [-0.3, -0.25) is 0 Å². The highest BCUT2D eigenvalue weighted by Crippen LogP contribution is 2.28. The van der Waals surface area contributed by atoms with Gasteiger partial charge in [0.15, 0.2) is 0 Å². The Bertz CT molecular complexity index is 654. The third-order valence-corrected chi connectivity index (χ3v) is 5.55. The summed E-state index contributed by atoms with van der Waals surface area (Å²) < 4.78 is 32.5. The van der Waals surface area contributed by atoms with Gasteiger partial charge in [0.05, 0.1) is 17.8 Å². The van der Waals surface area contributed by atoms with E-state index in [-0.39, 0.29) is 18.7 Å². The molecule has 2 rings (SSSR count). The van der Waals surface area contributed by atoms with Crippen LogP contribution in [0.4, 0.5) is 0 Å². The van der Waals surface area contributed by atoms with Crippen molar-refractivity contribution in [1.29, 1.82) is 0 Å². The van der Waals surface area contributed by atoms with E-state index in [1.165, 1.54) is 6.07 Å². The van der Waals surface area contributed by atoms with Crippen molar-refractivity contribution in [3.63, 3.8) is 0 Å². The number of carbonyl (C=O) groups is 1. The lowest BCUT2D eigenvalue weighted by atomic mass is 10.1. The SMILES string of the molecule is CC1(C)CC(S(=O)(=O)NCCc2ccccc2C(=O)O)CO1. The van der Waals surface area contributed by atoms with Gasteiger partial charge in [-0.1, -0.05) is 18.2 Å². The first kappa shape index (κ1) is 16.9. The molecule has 1 fully saturated rings. The van der Waals surface area contributed by atoms with Crippen molar-refractivity contribution in [3.8, 4) is 0 Å². The molecule has 22 heavy (non-hydrogen) atoms. The van der Waals surface area contributed by atoms with Gasteiger partial charge in [-0.15, -0.1) is 0 Å². The van der Waals surface area contributed by atoms with Crippen molar-refractivity contribution in [2.24, 2.45) is 0 Å². The van der Waals surface area contributed by atoms with E-state index < -0.39 is 26.8 Å². The molecule has 6 nitrogen and oxygen atoms in total. The van der Waals surface area contributed by atoms with E-state index in [4.69, 9.17) is 9.84 Å². The molecule has 1 atom stereocenters. The van der Waals surface area contributed by atoms with Crippen LogP contribution in [0.2, 0.25) is 0 Å². The Labute approximate surface area is 130 Å². The third-order valence-electron chi connectivity index (χ3n) is 3.76. The van der Waals surface area contributed by atoms with Gasteiger partial charge in [-0.2, -0.15) is 0 Å². The molecule has 7 heteroatoms. The lowest BCUT2D eigenvalue weighted by Crippen LogP contribution is -2.36. The summed E-state index contributed by atoms with van der Waals surface area (Å²) in [6.45, 7) is 4.09. The second-order valence-electron chi connectivity index (χ2n) is 6.05. The van der Waals surface area contributed by atoms with Crippen LogP contribution in [0, 0.1) is 0 Å². The number of aromatic carboxylic acids is 1. The highest BCUT2D eigenvalue weighted by atomic mass is 32.2. The zero-order chi connectivity index (χ0) is 16.4. The van der Waals surface area contributed by atoms with Gasteiger partial charge in [0.2, 0.25) is 10.0 Å². The Kier molecular flexibility index (Phi) is 4.89. The third kappa shape index (κ3) is 4.06. The van der Waals surface area contributed by atoms with Crippen LogP contribution in [-0.2, 0) is 21.2 Å². The average molecular weight is 327 g/mol. The molecule has 0 bridgehead atoms. The number of benzene rings is 1. The standard InChI is InChI=1S/C15H21NO5S/c1-15(2)9-12(10-21-15)22(19,20)16-8-7-11-5-3-4-6-13(11)14(17)18/h3-6,12,16H,7-10H2,1-2H3,(H,17,18). The average Bonchev–Trinajstić information content (AvgIpc) is 2.80. The molecular formula is C15H21NO5S. The van der Waals surface area contributed by atoms with E-state index in [1.54, 1.807) is 18.2 Å². The number of carboxylic acids is 1. The maximum Gasteiger partial charge on any atom is 0.335 e. The van der Waals surface area contributed by atoms with E-state index in [1.807, 2.05) is 13.8 Å². The summed E-state index contributed by atoms with van der Waals surface area (Å²) in [5.41, 5.74) is 0.391. The van der Waals surface area contributed by atoms with E-state index >= 15 is 0 Å². The highest BCUT2D eigenvalue weighted by Gasteiger charge is 2.39. The normalized spacial score (nSPS) is 20.9. The number of hydrogen-bond donors (Lipinski definition) is 2. The van der Waals surface area contributed by atoms with Gasteiger partial charge < -0.3 is 9.84 Å². The molecule has 1 aromatic rings. The van der Waals surface area contributed by atoms with Crippen LogP contribution in [0.15, 0.2) is 24.3 Å². The summed E-state index contributed by atoms with van der Waals surface area (Å²) in [5, 5.41) is 8.54. The lowest BCUT2D eigenvalue weighted by Gasteiger charge is -2.16. The minimum atomic E-state index is -3.46. The Morgan fingerprint density at radius 1 is 1.41 bits per heavy atom. The van der Waals surface area contributed by atoms with Crippen LogP contribution >= 0.6 is 0 Å². The summed E-state index contributed by atoms with van der Waals surface area (Å²) in [6, 6.07) is 6.59. The zero-order valence-corrected chi connectivity index (χ0v) is 13.5. The monoisotopic (exact) mass is 327 g/mol. The van der Waals surface area contributed by atoms with E-state index in [0.717, 1.165) is 0 Å². The summed E-state index contributed by atoms with van der Waals surface area (Å²) in [5.74, 6) is -1.01. The minimum Gasteiger partial charge on any atom is -0.478 e. The summed E-state index contributed by atoms with van der Waals surface area (Å²) >= 11 is 0. The largest absolute Gasteiger partial charge is 0.478 e. The van der Waals surface area contributed by atoms with Crippen molar-refractivity contribution < 1.29 is 23.1 Å². The fourth-order valence-corrected chi connectivity index (χ4v) is 4.07. The van der Waals surface area contributed by atoms with Crippen LogP contribution in [0.1, 0.15) is 36.2 Å². The van der Waals surface area contributed by atoms with Crippen molar-refractivity contribution in [3.05, 3.63) is 35.4 Å². The second kappa shape index (κ2) is 6.36. The topological polar surface area (TPSA) is 92.7 Å². The number of carboxylic acid groups (broad SMARTS) is 1. The minimum absolute atomic E-state index is 0.170. The van der Waals surface area contributed by atoms with E-state index in [0.29, 0.717) is 18.4 Å². The smallest absolute Gasteiger partial charge is 0.335 e. The van der Waals surface area contributed by atoms with Crippen molar-refractivity contribution in [1.82, 2.24) is 4.72 Å². The number of hydrogen-bond acceptors (Lipinski definition) is 4. The van der Waals surface area contributed by atoms with Gasteiger partial charge >= 0.3 is 5.97 Å². The van der Waals surface area contributed by atoms with E-state index in [9.17, 15) is 13.2 Å². The first-order chi connectivity index (χ1) is 10.2. The number of rotatable bonds is 6. The van der Waals surface area contributed by atoms with Gasteiger partial charge in [0.25, 0.3) is 0 Å². The fourth-order valence-electron chi connectivity index (χ4n) is 2.58. The molecule has 1 aliphatic rings. The van der Waals surface area contributed by atoms with Crippen LogP contribution in [0.5, 0.6) is 0 Å². The molecule has 0 spiro atoms.